The summed E-state index contributed by atoms with van der Waals surface area (Å²) in [5, 5.41) is 9.33. The Balaban J connectivity index is 2.34. The van der Waals surface area contributed by atoms with E-state index in [2.05, 4.69) is 45.0 Å². The van der Waals surface area contributed by atoms with Crippen molar-refractivity contribution >= 4 is 5.97 Å². The zero-order chi connectivity index (χ0) is 14.8. The van der Waals surface area contributed by atoms with E-state index in [4.69, 9.17) is 4.74 Å². The summed E-state index contributed by atoms with van der Waals surface area (Å²) < 4.78 is 5.83. The molecule has 3 heteroatoms. The molecule has 2 rings (SSSR count). The fourth-order valence-electron chi connectivity index (χ4n) is 3.10. The fourth-order valence-corrected chi connectivity index (χ4v) is 3.10. The van der Waals surface area contributed by atoms with E-state index in [9.17, 15) is 9.90 Å². The maximum absolute atomic E-state index is 11.3. The van der Waals surface area contributed by atoms with Crippen LogP contribution >= 0.6 is 0 Å². The van der Waals surface area contributed by atoms with E-state index in [1.54, 1.807) is 0 Å². The van der Waals surface area contributed by atoms with E-state index in [1.165, 1.54) is 5.56 Å². The Morgan fingerprint density at radius 1 is 1.40 bits per heavy atom. The van der Waals surface area contributed by atoms with E-state index in [1.807, 2.05) is 0 Å². The number of rotatable bonds is 4. The zero-order valence-corrected chi connectivity index (χ0v) is 12.6. The first-order chi connectivity index (χ1) is 9.43. The number of aryl methyl sites for hydroxylation is 1. The topological polar surface area (TPSA) is 46.5 Å². The van der Waals surface area contributed by atoms with Crippen LogP contribution in [0.5, 0.6) is 0 Å². The van der Waals surface area contributed by atoms with Gasteiger partial charge in [-0.1, -0.05) is 43.7 Å². The van der Waals surface area contributed by atoms with Gasteiger partial charge >= 0.3 is 5.97 Å². The van der Waals surface area contributed by atoms with Gasteiger partial charge in [-0.15, -0.1) is 0 Å². The number of ether oxygens (including phenoxy) is 1. The molecule has 1 N–H and O–H groups in total. The minimum Gasteiger partial charge on any atom is -0.481 e. The standard InChI is InChI=1S/C17H24O3/c1-12(2)15-10-17(8-9-20-15,11-16(18)19)14-6-4-13(3)5-7-14/h4-7,12,15H,8-11H2,1-3H3,(H,18,19). The van der Waals surface area contributed by atoms with Crippen LogP contribution in [-0.4, -0.2) is 23.8 Å². The first kappa shape index (κ1) is 15.0. The van der Waals surface area contributed by atoms with Crippen LogP contribution in [0.15, 0.2) is 24.3 Å². The normalized spacial score (nSPS) is 26.7. The van der Waals surface area contributed by atoms with Gasteiger partial charge in [-0.25, -0.2) is 0 Å². The summed E-state index contributed by atoms with van der Waals surface area (Å²) >= 11 is 0. The molecular weight excluding hydrogens is 252 g/mol. The molecule has 2 atom stereocenters. The number of carbonyl (C=O) groups is 1. The van der Waals surface area contributed by atoms with Crippen molar-refractivity contribution < 1.29 is 14.6 Å². The highest BCUT2D eigenvalue weighted by molar-refractivity contribution is 5.69. The SMILES string of the molecule is Cc1ccc(C2(CC(=O)O)CCOC(C(C)C)C2)cc1. The minimum absolute atomic E-state index is 0.143. The average molecular weight is 276 g/mol. The number of benzene rings is 1. The lowest BCUT2D eigenvalue weighted by Gasteiger charge is -2.42. The highest BCUT2D eigenvalue weighted by Gasteiger charge is 2.41. The Hall–Kier alpha value is -1.35. The molecular formula is C17H24O3. The molecule has 1 saturated heterocycles. The molecule has 1 aromatic rings. The van der Waals surface area contributed by atoms with E-state index >= 15 is 0 Å². The largest absolute Gasteiger partial charge is 0.481 e. The van der Waals surface area contributed by atoms with Gasteiger partial charge in [0, 0.05) is 12.0 Å². The number of hydrogen-bond donors (Lipinski definition) is 1. The molecule has 0 spiro atoms. The van der Waals surface area contributed by atoms with Crippen molar-refractivity contribution in [3.8, 4) is 0 Å². The van der Waals surface area contributed by atoms with Gasteiger partial charge in [-0.05, 0) is 31.2 Å². The lowest BCUT2D eigenvalue weighted by molar-refractivity contribution is -0.140. The van der Waals surface area contributed by atoms with Crippen LogP contribution in [0, 0.1) is 12.8 Å². The first-order valence-electron chi connectivity index (χ1n) is 7.33. The summed E-state index contributed by atoms with van der Waals surface area (Å²) in [4.78, 5) is 11.3. The van der Waals surface area contributed by atoms with Crippen molar-refractivity contribution in [2.24, 2.45) is 5.92 Å². The van der Waals surface area contributed by atoms with Crippen molar-refractivity contribution in [2.45, 2.75) is 51.6 Å². The van der Waals surface area contributed by atoms with Crippen LogP contribution in [0.1, 0.15) is 44.2 Å². The monoisotopic (exact) mass is 276 g/mol. The quantitative estimate of drug-likeness (QED) is 0.915. The molecule has 1 aromatic carbocycles. The Kier molecular flexibility index (Phi) is 4.48. The van der Waals surface area contributed by atoms with Gasteiger partial charge in [-0.3, -0.25) is 4.79 Å². The Bertz CT molecular complexity index is 464. The van der Waals surface area contributed by atoms with Crippen molar-refractivity contribution in [1.29, 1.82) is 0 Å². The average Bonchev–Trinajstić information content (AvgIpc) is 2.38. The van der Waals surface area contributed by atoms with Gasteiger partial charge in [0.05, 0.1) is 12.5 Å². The highest BCUT2D eigenvalue weighted by Crippen LogP contribution is 2.41. The molecule has 0 aliphatic carbocycles. The summed E-state index contributed by atoms with van der Waals surface area (Å²) in [6.45, 7) is 6.96. The molecule has 3 nitrogen and oxygen atoms in total. The second-order valence-electron chi connectivity index (χ2n) is 6.32. The fraction of sp³-hybridized carbons (Fsp3) is 0.588. The third kappa shape index (κ3) is 3.21. The van der Waals surface area contributed by atoms with Gasteiger partial charge in [0.1, 0.15) is 0 Å². The lowest BCUT2D eigenvalue weighted by atomic mass is 9.68. The van der Waals surface area contributed by atoms with Crippen molar-refractivity contribution in [1.82, 2.24) is 0 Å². The van der Waals surface area contributed by atoms with Crippen LogP contribution in [0.4, 0.5) is 0 Å². The second kappa shape index (κ2) is 5.96. The van der Waals surface area contributed by atoms with Gasteiger partial charge in [0.25, 0.3) is 0 Å². The predicted octanol–water partition coefficient (Wildman–Crippen LogP) is 3.54. The molecule has 1 fully saturated rings. The van der Waals surface area contributed by atoms with E-state index in [0.717, 1.165) is 18.4 Å². The van der Waals surface area contributed by atoms with Gasteiger partial charge < -0.3 is 9.84 Å². The Morgan fingerprint density at radius 2 is 2.05 bits per heavy atom. The van der Waals surface area contributed by atoms with Crippen molar-refractivity contribution in [3.63, 3.8) is 0 Å². The van der Waals surface area contributed by atoms with Gasteiger partial charge in [0.15, 0.2) is 0 Å². The van der Waals surface area contributed by atoms with Crippen LogP contribution in [0.3, 0.4) is 0 Å². The van der Waals surface area contributed by atoms with Crippen molar-refractivity contribution in [2.75, 3.05) is 6.61 Å². The predicted molar refractivity (Wildman–Crippen MR) is 78.9 cm³/mol. The molecule has 2 unspecified atom stereocenters. The van der Waals surface area contributed by atoms with E-state index < -0.39 is 5.97 Å². The summed E-state index contributed by atoms with van der Waals surface area (Å²) in [6, 6.07) is 8.31. The number of aliphatic carboxylic acids is 1. The summed E-state index contributed by atoms with van der Waals surface area (Å²) in [5.41, 5.74) is 2.05. The molecule has 0 radical (unpaired) electrons. The molecule has 0 saturated carbocycles. The molecule has 1 heterocycles. The molecule has 1 aliphatic rings. The van der Waals surface area contributed by atoms with Crippen LogP contribution in [0.2, 0.25) is 0 Å². The maximum Gasteiger partial charge on any atom is 0.304 e. The maximum atomic E-state index is 11.3. The highest BCUT2D eigenvalue weighted by atomic mass is 16.5. The molecule has 110 valence electrons. The van der Waals surface area contributed by atoms with Crippen LogP contribution < -0.4 is 0 Å². The van der Waals surface area contributed by atoms with Gasteiger partial charge in [0.2, 0.25) is 0 Å². The second-order valence-corrected chi connectivity index (χ2v) is 6.32. The molecule has 0 bridgehead atoms. The number of hydrogen-bond acceptors (Lipinski definition) is 2. The number of carboxylic acid groups (broad SMARTS) is 1. The summed E-state index contributed by atoms with van der Waals surface area (Å²) in [6.07, 6.45) is 1.90. The molecule has 1 aliphatic heterocycles. The van der Waals surface area contributed by atoms with E-state index in [-0.39, 0.29) is 17.9 Å². The third-order valence-electron chi connectivity index (χ3n) is 4.40. The minimum atomic E-state index is -0.727. The number of carboxylic acids is 1. The summed E-state index contributed by atoms with van der Waals surface area (Å²) in [5.74, 6) is -0.316. The lowest BCUT2D eigenvalue weighted by Crippen LogP contribution is -2.42. The third-order valence-corrected chi connectivity index (χ3v) is 4.40. The zero-order valence-electron chi connectivity index (χ0n) is 12.6. The summed E-state index contributed by atoms with van der Waals surface area (Å²) in [7, 11) is 0. The molecule has 20 heavy (non-hydrogen) atoms. The van der Waals surface area contributed by atoms with Crippen LogP contribution in [-0.2, 0) is 14.9 Å². The Labute approximate surface area is 121 Å². The van der Waals surface area contributed by atoms with Crippen molar-refractivity contribution in [3.05, 3.63) is 35.4 Å². The van der Waals surface area contributed by atoms with E-state index in [0.29, 0.717) is 12.5 Å². The Morgan fingerprint density at radius 3 is 2.60 bits per heavy atom. The molecule has 0 amide bonds. The van der Waals surface area contributed by atoms with Gasteiger partial charge in [-0.2, -0.15) is 0 Å². The molecule has 0 aromatic heterocycles. The first-order valence-corrected chi connectivity index (χ1v) is 7.33. The smallest absolute Gasteiger partial charge is 0.304 e. The van der Waals surface area contributed by atoms with Crippen LogP contribution in [0.25, 0.3) is 0 Å².